The molecule has 18 heavy (non-hydrogen) atoms. The van der Waals surface area contributed by atoms with Gasteiger partial charge in [0.05, 0.1) is 6.10 Å². The van der Waals surface area contributed by atoms with E-state index in [0.717, 1.165) is 36.5 Å². The molecule has 1 atom stereocenters. The van der Waals surface area contributed by atoms with Gasteiger partial charge in [0, 0.05) is 23.6 Å². The van der Waals surface area contributed by atoms with E-state index in [9.17, 15) is 4.79 Å². The summed E-state index contributed by atoms with van der Waals surface area (Å²) in [7, 11) is 0. The average Bonchev–Trinajstić information content (AvgIpc) is 2.90. The Bertz CT molecular complexity index is 403. The molecule has 0 aromatic heterocycles. The number of benzene rings is 1. The second kappa shape index (κ2) is 6.81. The lowest BCUT2D eigenvalue weighted by Gasteiger charge is -2.09. The van der Waals surface area contributed by atoms with Crippen LogP contribution in [-0.2, 0) is 9.53 Å². The molecule has 0 saturated carbocycles. The molecule has 3 nitrogen and oxygen atoms in total. The predicted octanol–water partition coefficient (Wildman–Crippen LogP) is 3.31. The summed E-state index contributed by atoms with van der Waals surface area (Å²) in [5, 5.41) is 2.93. The lowest BCUT2D eigenvalue weighted by Crippen LogP contribution is -2.15. The zero-order chi connectivity index (χ0) is 12.8. The van der Waals surface area contributed by atoms with Gasteiger partial charge in [0.1, 0.15) is 0 Å². The molecule has 1 fully saturated rings. The van der Waals surface area contributed by atoms with Crippen LogP contribution in [0.3, 0.4) is 0 Å². The van der Waals surface area contributed by atoms with E-state index in [1.165, 1.54) is 0 Å². The SMILES string of the molecule is CSc1cccc(NC(=O)CCC2CCCO2)c1. The highest BCUT2D eigenvalue weighted by Gasteiger charge is 2.16. The summed E-state index contributed by atoms with van der Waals surface area (Å²) in [5.74, 6) is 0.0729. The average molecular weight is 265 g/mol. The Morgan fingerprint density at radius 2 is 2.44 bits per heavy atom. The number of hydrogen-bond donors (Lipinski definition) is 1. The van der Waals surface area contributed by atoms with Gasteiger partial charge in [0.25, 0.3) is 0 Å². The molecule has 1 aromatic carbocycles. The number of thioether (sulfide) groups is 1. The Morgan fingerprint density at radius 1 is 1.56 bits per heavy atom. The number of carbonyl (C=O) groups is 1. The number of carbonyl (C=O) groups excluding carboxylic acids is 1. The van der Waals surface area contributed by atoms with E-state index in [1.54, 1.807) is 11.8 Å². The first-order chi connectivity index (χ1) is 8.78. The second-order valence-electron chi connectivity index (χ2n) is 4.45. The van der Waals surface area contributed by atoms with E-state index in [1.807, 2.05) is 30.5 Å². The van der Waals surface area contributed by atoms with Crippen molar-refractivity contribution < 1.29 is 9.53 Å². The fraction of sp³-hybridized carbons (Fsp3) is 0.500. The van der Waals surface area contributed by atoms with Gasteiger partial charge < -0.3 is 10.1 Å². The smallest absolute Gasteiger partial charge is 0.224 e. The molecule has 1 N–H and O–H groups in total. The Kier molecular flexibility index (Phi) is 5.08. The zero-order valence-electron chi connectivity index (χ0n) is 10.6. The van der Waals surface area contributed by atoms with E-state index >= 15 is 0 Å². The van der Waals surface area contributed by atoms with Gasteiger partial charge in [-0.2, -0.15) is 0 Å². The zero-order valence-corrected chi connectivity index (χ0v) is 11.5. The van der Waals surface area contributed by atoms with Crippen LogP contribution in [0.15, 0.2) is 29.2 Å². The molecule has 1 aliphatic rings. The van der Waals surface area contributed by atoms with Crippen LogP contribution in [0, 0.1) is 0 Å². The molecule has 1 unspecified atom stereocenters. The van der Waals surface area contributed by atoms with Crippen molar-refractivity contribution >= 4 is 23.4 Å². The van der Waals surface area contributed by atoms with Crippen molar-refractivity contribution in [2.45, 2.75) is 36.7 Å². The maximum absolute atomic E-state index is 11.8. The molecule has 2 rings (SSSR count). The topological polar surface area (TPSA) is 38.3 Å². The van der Waals surface area contributed by atoms with Crippen LogP contribution in [0.4, 0.5) is 5.69 Å². The van der Waals surface area contributed by atoms with Crippen molar-refractivity contribution in [2.75, 3.05) is 18.2 Å². The molecule has 0 spiro atoms. The van der Waals surface area contributed by atoms with Crippen LogP contribution in [0.25, 0.3) is 0 Å². The summed E-state index contributed by atoms with van der Waals surface area (Å²) in [6.45, 7) is 0.849. The molecule has 1 heterocycles. The van der Waals surface area contributed by atoms with Crippen LogP contribution in [0.2, 0.25) is 0 Å². The van der Waals surface area contributed by atoms with Crippen LogP contribution >= 0.6 is 11.8 Å². The van der Waals surface area contributed by atoms with E-state index in [4.69, 9.17) is 4.74 Å². The quantitative estimate of drug-likeness (QED) is 0.830. The first-order valence-corrected chi connectivity index (χ1v) is 7.56. The number of hydrogen-bond acceptors (Lipinski definition) is 3. The van der Waals surface area contributed by atoms with Gasteiger partial charge >= 0.3 is 0 Å². The van der Waals surface area contributed by atoms with Gasteiger partial charge in [-0.05, 0) is 43.7 Å². The fourth-order valence-electron chi connectivity index (χ4n) is 2.09. The maximum Gasteiger partial charge on any atom is 0.224 e. The summed E-state index contributed by atoms with van der Waals surface area (Å²) in [6.07, 6.45) is 5.89. The van der Waals surface area contributed by atoms with Crippen molar-refractivity contribution in [3.63, 3.8) is 0 Å². The van der Waals surface area contributed by atoms with E-state index < -0.39 is 0 Å². The van der Waals surface area contributed by atoms with Crippen molar-refractivity contribution in [1.82, 2.24) is 0 Å². The van der Waals surface area contributed by atoms with E-state index in [-0.39, 0.29) is 12.0 Å². The third-order valence-electron chi connectivity index (χ3n) is 3.07. The Morgan fingerprint density at radius 3 is 3.17 bits per heavy atom. The van der Waals surface area contributed by atoms with Crippen LogP contribution in [0.5, 0.6) is 0 Å². The van der Waals surface area contributed by atoms with Crippen molar-refractivity contribution in [3.8, 4) is 0 Å². The highest BCUT2D eigenvalue weighted by molar-refractivity contribution is 7.98. The summed E-state index contributed by atoms with van der Waals surface area (Å²) in [6, 6.07) is 7.91. The molecular weight excluding hydrogens is 246 g/mol. The van der Waals surface area contributed by atoms with Gasteiger partial charge in [0.15, 0.2) is 0 Å². The lowest BCUT2D eigenvalue weighted by atomic mass is 10.1. The van der Waals surface area contributed by atoms with Gasteiger partial charge in [-0.15, -0.1) is 11.8 Å². The minimum atomic E-state index is 0.0729. The molecule has 1 aromatic rings. The summed E-state index contributed by atoms with van der Waals surface area (Å²) in [4.78, 5) is 13.0. The van der Waals surface area contributed by atoms with Crippen molar-refractivity contribution in [2.24, 2.45) is 0 Å². The Hall–Kier alpha value is -1.00. The molecule has 98 valence electrons. The Balaban J connectivity index is 1.78. The van der Waals surface area contributed by atoms with Crippen molar-refractivity contribution in [3.05, 3.63) is 24.3 Å². The number of ether oxygens (including phenoxy) is 1. The summed E-state index contributed by atoms with van der Waals surface area (Å²) < 4.78 is 5.51. The third-order valence-corrected chi connectivity index (χ3v) is 3.80. The normalized spacial score (nSPS) is 18.8. The summed E-state index contributed by atoms with van der Waals surface area (Å²) >= 11 is 1.67. The van der Waals surface area contributed by atoms with Crippen LogP contribution in [-0.4, -0.2) is 24.9 Å². The summed E-state index contributed by atoms with van der Waals surface area (Å²) in [5.41, 5.74) is 0.874. The van der Waals surface area contributed by atoms with Gasteiger partial charge in [-0.1, -0.05) is 6.07 Å². The molecule has 0 radical (unpaired) electrons. The van der Waals surface area contributed by atoms with E-state index in [2.05, 4.69) is 5.32 Å². The lowest BCUT2D eigenvalue weighted by molar-refractivity contribution is -0.116. The number of amides is 1. The number of anilines is 1. The minimum Gasteiger partial charge on any atom is -0.378 e. The molecule has 0 aliphatic carbocycles. The van der Waals surface area contributed by atoms with E-state index in [0.29, 0.717) is 6.42 Å². The van der Waals surface area contributed by atoms with Crippen LogP contribution in [0.1, 0.15) is 25.7 Å². The maximum atomic E-state index is 11.8. The second-order valence-corrected chi connectivity index (χ2v) is 5.33. The van der Waals surface area contributed by atoms with Crippen molar-refractivity contribution in [1.29, 1.82) is 0 Å². The highest BCUT2D eigenvalue weighted by Crippen LogP contribution is 2.20. The molecule has 1 aliphatic heterocycles. The molecule has 0 bridgehead atoms. The highest BCUT2D eigenvalue weighted by atomic mass is 32.2. The molecule has 4 heteroatoms. The Labute approximate surface area is 112 Å². The first-order valence-electron chi connectivity index (χ1n) is 6.33. The standard InChI is InChI=1S/C14H19NO2S/c1-18-13-6-2-4-11(10-13)15-14(16)8-7-12-5-3-9-17-12/h2,4,6,10,12H,3,5,7-9H2,1H3,(H,15,16). The molecule has 1 saturated heterocycles. The molecular formula is C14H19NO2S. The van der Waals surface area contributed by atoms with Gasteiger partial charge in [-0.25, -0.2) is 0 Å². The monoisotopic (exact) mass is 265 g/mol. The third kappa shape index (κ3) is 4.03. The number of rotatable bonds is 5. The van der Waals surface area contributed by atoms with Gasteiger partial charge in [-0.3, -0.25) is 4.79 Å². The number of nitrogens with one attached hydrogen (secondary N) is 1. The molecule has 1 amide bonds. The van der Waals surface area contributed by atoms with Crippen LogP contribution < -0.4 is 5.32 Å². The van der Waals surface area contributed by atoms with Gasteiger partial charge in [0.2, 0.25) is 5.91 Å². The first kappa shape index (κ1) is 13.4. The predicted molar refractivity (Wildman–Crippen MR) is 75.1 cm³/mol. The largest absolute Gasteiger partial charge is 0.378 e. The fourth-order valence-corrected chi connectivity index (χ4v) is 2.55. The minimum absolute atomic E-state index is 0.0729.